The SMILES string of the molecule is CCCC(=O)c1ccc(OCCN(C)C)c([N+](=O)[O-])c1. The lowest BCUT2D eigenvalue weighted by Crippen LogP contribution is -2.19. The molecule has 110 valence electrons. The summed E-state index contributed by atoms with van der Waals surface area (Å²) in [6.07, 6.45) is 1.10. The largest absolute Gasteiger partial charge is 0.485 e. The number of nitrogens with zero attached hydrogens (tertiary/aromatic N) is 2. The van der Waals surface area contributed by atoms with Crippen molar-refractivity contribution in [2.45, 2.75) is 19.8 Å². The lowest BCUT2D eigenvalue weighted by Gasteiger charge is -2.11. The molecule has 20 heavy (non-hydrogen) atoms. The van der Waals surface area contributed by atoms with E-state index in [4.69, 9.17) is 4.74 Å². The van der Waals surface area contributed by atoms with Gasteiger partial charge in [0.25, 0.3) is 0 Å². The first-order valence-electron chi connectivity index (χ1n) is 6.55. The van der Waals surface area contributed by atoms with Crippen molar-refractivity contribution in [1.29, 1.82) is 0 Å². The number of Topliss-reactive ketones (excluding diaryl/α,β-unsaturated/α-hetero) is 1. The summed E-state index contributed by atoms with van der Waals surface area (Å²) in [5, 5.41) is 11.1. The first-order chi connectivity index (χ1) is 9.45. The number of carbonyl (C=O) groups is 1. The molecule has 0 saturated heterocycles. The molecule has 0 aliphatic rings. The number of likely N-dealkylation sites (N-methyl/N-ethyl adjacent to an activating group) is 1. The second kappa shape index (κ2) is 7.59. The number of nitro benzene ring substituents is 1. The zero-order chi connectivity index (χ0) is 15.1. The highest BCUT2D eigenvalue weighted by molar-refractivity contribution is 5.96. The molecule has 0 aliphatic carbocycles. The van der Waals surface area contributed by atoms with E-state index in [1.54, 1.807) is 6.07 Å². The Balaban J connectivity index is 2.90. The van der Waals surface area contributed by atoms with Crippen LogP contribution in [0.4, 0.5) is 5.69 Å². The number of nitro groups is 1. The standard InChI is InChI=1S/C14H20N2O4/c1-4-5-13(17)11-6-7-14(12(10-11)16(18)19)20-9-8-15(2)3/h6-7,10H,4-5,8-9H2,1-3H3. The van der Waals surface area contributed by atoms with Gasteiger partial charge in [0.05, 0.1) is 4.92 Å². The average molecular weight is 280 g/mol. The Labute approximate surface area is 118 Å². The number of benzene rings is 1. The molecule has 0 unspecified atom stereocenters. The van der Waals surface area contributed by atoms with E-state index in [1.807, 2.05) is 25.9 Å². The molecule has 0 radical (unpaired) electrons. The first kappa shape index (κ1) is 16.1. The maximum absolute atomic E-state index is 11.8. The number of rotatable bonds is 8. The third-order valence-electron chi connectivity index (χ3n) is 2.75. The van der Waals surface area contributed by atoms with Crippen LogP contribution in [0.2, 0.25) is 0 Å². The van der Waals surface area contributed by atoms with E-state index >= 15 is 0 Å². The van der Waals surface area contributed by atoms with E-state index < -0.39 is 4.92 Å². The molecule has 6 heteroatoms. The molecule has 0 N–H and O–H groups in total. The third kappa shape index (κ3) is 4.62. The number of ether oxygens (including phenoxy) is 1. The van der Waals surface area contributed by atoms with Crippen LogP contribution in [-0.2, 0) is 0 Å². The molecule has 1 aromatic carbocycles. The summed E-state index contributed by atoms with van der Waals surface area (Å²) in [5.74, 6) is 0.111. The van der Waals surface area contributed by atoms with Gasteiger partial charge in [0.2, 0.25) is 0 Å². The molecule has 0 spiro atoms. The van der Waals surface area contributed by atoms with Gasteiger partial charge in [-0.2, -0.15) is 0 Å². The molecular weight excluding hydrogens is 260 g/mol. The molecule has 6 nitrogen and oxygen atoms in total. The molecule has 1 aromatic rings. The maximum Gasteiger partial charge on any atom is 0.311 e. The van der Waals surface area contributed by atoms with Gasteiger partial charge in [-0.05, 0) is 32.6 Å². The maximum atomic E-state index is 11.8. The highest BCUT2D eigenvalue weighted by Gasteiger charge is 2.18. The summed E-state index contributed by atoms with van der Waals surface area (Å²) in [6.45, 7) is 2.91. The van der Waals surface area contributed by atoms with Gasteiger partial charge in [-0.25, -0.2) is 0 Å². The average Bonchev–Trinajstić information content (AvgIpc) is 2.38. The van der Waals surface area contributed by atoms with Gasteiger partial charge >= 0.3 is 5.69 Å². The normalized spacial score (nSPS) is 10.6. The van der Waals surface area contributed by atoms with E-state index in [0.29, 0.717) is 31.6 Å². The molecule has 0 bridgehead atoms. The van der Waals surface area contributed by atoms with Gasteiger partial charge in [0.1, 0.15) is 6.61 Å². The minimum Gasteiger partial charge on any atom is -0.485 e. The smallest absolute Gasteiger partial charge is 0.311 e. The minimum absolute atomic E-state index is 0.0876. The molecular formula is C14H20N2O4. The van der Waals surface area contributed by atoms with E-state index in [9.17, 15) is 14.9 Å². The van der Waals surface area contributed by atoms with Gasteiger partial charge < -0.3 is 9.64 Å². The predicted molar refractivity (Wildman–Crippen MR) is 76.4 cm³/mol. The fourth-order valence-corrected chi connectivity index (χ4v) is 1.67. The topological polar surface area (TPSA) is 72.7 Å². The Hall–Kier alpha value is -1.95. The summed E-state index contributed by atoms with van der Waals surface area (Å²) in [5.41, 5.74) is 0.198. The quantitative estimate of drug-likeness (QED) is 0.415. The van der Waals surface area contributed by atoms with Crippen molar-refractivity contribution in [3.8, 4) is 5.75 Å². The lowest BCUT2D eigenvalue weighted by molar-refractivity contribution is -0.385. The third-order valence-corrected chi connectivity index (χ3v) is 2.75. The van der Waals surface area contributed by atoms with Gasteiger partial charge in [-0.1, -0.05) is 6.92 Å². The minimum atomic E-state index is -0.520. The van der Waals surface area contributed by atoms with Crippen molar-refractivity contribution in [1.82, 2.24) is 4.90 Å². The molecule has 0 heterocycles. The van der Waals surface area contributed by atoms with Crippen LogP contribution in [0, 0.1) is 10.1 Å². The van der Waals surface area contributed by atoms with Crippen LogP contribution in [0.25, 0.3) is 0 Å². The Bertz CT molecular complexity index is 486. The van der Waals surface area contributed by atoms with Crippen molar-refractivity contribution in [2.75, 3.05) is 27.2 Å². The molecule has 1 rings (SSSR count). The van der Waals surface area contributed by atoms with Crippen molar-refractivity contribution < 1.29 is 14.5 Å². The highest BCUT2D eigenvalue weighted by Crippen LogP contribution is 2.28. The zero-order valence-corrected chi connectivity index (χ0v) is 12.1. The summed E-state index contributed by atoms with van der Waals surface area (Å²) >= 11 is 0. The molecule has 0 aromatic heterocycles. The number of carbonyl (C=O) groups excluding carboxylic acids is 1. The van der Waals surface area contributed by atoms with E-state index in [2.05, 4.69) is 0 Å². The fourth-order valence-electron chi connectivity index (χ4n) is 1.67. The van der Waals surface area contributed by atoms with Gasteiger partial charge in [0.15, 0.2) is 11.5 Å². The van der Waals surface area contributed by atoms with Crippen LogP contribution in [-0.4, -0.2) is 42.9 Å². The molecule has 0 fully saturated rings. The number of hydrogen-bond acceptors (Lipinski definition) is 5. The molecule has 0 amide bonds. The zero-order valence-electron chi connectivity index (χ0n) is 12.1. The van der Waals surface area contributed by atoms with E-state index in [-0.39, 0.29) is 17.2 Å². The fraction of sp³-hybridized carbons (Fsp3) is 0.500. The second-order valence-electron chi connectivity index (χ2n) is 4.76. The van der Waals surface area contributed by atoms with Gasteiger partial charge in [-0.3, -0.25) is 14.9 Å². The summed E-state index contributed by atoms with van der Waals surface area (Å²) in [6, 6.07) is 4.37. The predicted octanol–water partition coefficient (Wildman–Crippen LogP) is 2.52. The highest BCUT2D eigenvalue weighted by atomic mass is 16.6. The Kier molecular flexibility index (Phi) is 6.11. The van der Waals surface area contributed by atoms with Gasteiger partial charge in [0, 0.05) is 24.6 Å². The molecule has 0 saturated carbocycles. The number of ketones is 1. The number of hydrogen-bond donors (Lipinski definition) is 0. The van der Waals surface area contributed by atoms with Crippen LogP contribution in [0.15, 0.2) is 18.2 Å². The first-order valence-corrected chi connectivity index (χ1v) is 6.55. The summed E-state index contributed by atoms with van der Waals surface area (Å²) in [7, 11) is 3.79. The van der Waals surface area contributed by atoms with Crippen LogP contribution >= 0.6 is 0 Å². The second-order valence-corrected chi connectivity index (χ2v) is 4.76. The summed E-state index contributed by atoms with van der Waals surface area (Å²) in [4.78, 5) is 24.2. The van der Waals surface area contributed by atoms with Crippen LogP contribution in [0.5, 0.6) is 5.75 Å². The lowest BCUT2D eigenvalue weighted by atomic mass is 10.1. The van der Waals surface area contributed by atoms with Crippen molar-refractivity contribution in [3.63, 3.8) is 0 Å². The van der Waals surface area contributed by atoms with Crippen LogP contribution < -0.4 is 4.74 Å². The monoisotopic (exact) mass is 280 g/mol. The van der Waals surface area contributed by atoms with Crippen LogP contribution in [0.1, 0.15) is 30.1 Å². The van der Waals surface area contributed by atoms with Gasteiger partial charge in [-0.15, -0.1) is 0 Å². The Morgan fingerprint density at radius 2 is 2.10 bits per heavy atom. The Morgan fingerprint density at radius 1 is 1.40 bits per heavy atom. The van der Waals surface area contributed by atoms with Crippen molar-refractivity contribution in [3.05, 3.63) is 33.9 Å². The van der Waals surface area contributed by atoms with E-state index in [1.165, 1.54) is 12.1 Å². The van der Waals surface area contributed by atoms with Crippen molar-refractivity contribution in [2.24, 2.45) is 0 Å². The van der Waals surface area contributed by atoms with Crippen LogP contribution in [0.3, 0.4) is 0 Å². The van der Waals surface area contributed by atoms with E-state index in [0.717, 1.165) is 0 Å². The summed E-state index contributed by atoms with van der Waals surface area (Å²) < 4.78 is 5.41. The molecule has 0 aliphatic heterocycles. The van der Waals surface area contributed by atoms with Crippen molar-refractivity contribution >= 4 is 11.5 Å². The molecule has 0 atom stereocenters. The Morgan fingerprint density at radius 3 is 2.65 bits per heavy atom.